The lowest BCUT2D eigenvalue weighted by Crippen LogP contribution is -2.17. The molecular formula is C14H21NO3. The van der Waals surface area contributed by atoms with Crippen molar-refractivity contribution >= 4 is 5.69 Å². The molecule has 0 unspecified atom stereocenters. The van der Waals surface area contributed by atoms with Gasteiger partial charge in [-0.2, -0.15) is 0 Å². The first kappa shape index (κ1) is 14.5. The van der Waals surface area contributed by atoms with Gasteiger partial charge in [0.2, 0.25) is 0 Å². The van der Waals surface area contributed by atoms with Crippen LogP contribution in [0.3, 0.4) is 0 Å². The first-order valence-electron chi connectivity index (χ1n) is 5.97. The highest BCUT2D eigenvalue weighted by molar-refractivity contribution is 5.56. The number of phenols is 1. The van der Waals surface area contributed by atoms with Crippen molar-refractivity contribution in [1.29, 1.82) is 0 Å². The van der Waals surface area contributed by atoms with Gasteiger partial charge in [0.05, 0.1) is 4.92 Å². The molecule has 0 aromatic heterocycles. The highest BCUT2D eigenvalue weighted by Crippen LogP contribution is 2.40. The van der Waals surface area contributed by atoms with Crippen molar-refractivity contribution in [2.24, 2.45) is 0 Å². The second-order valence-corrected chi connectivity index (χ2v) is 6.65. The van der Waals surface area contributed by atoms with Crippen molar-refractivity contribution in [3.05, 3.63) is 33.4 Å². The monoisotopic (exact) mass is 251 g/mol. The van der Waals surface area contributed by atoms with Crippen molar-refractivity contribution in [1.82, 2.24) is 0 Å². The van der Waals surface area contributed by atoms with E-state index in [1.807, 2.05) is 47.6 Å². The zero-order valence-electron chi connectivity index (χ0n) is 11.9. The Hall–Kier alpha value is -1.58. The third-order valence-electron chi connectivity index (χ3n) is 2.96. The number of nitrogens with zero attached hydrogens (tertiary/aromatic N) is 1. The van der Waals surface area contributed by atoms with E-state index in [0.717, 1.165) is 5.56 Å². The molecular weight excluding hydrogens is 230 g/mol. The lowest BCUT2D eigenvalue weighted by atomic mass is 9.80. The minimum absolute atomic E-state index is 0.196. The van der Waals surface area contributed by atoms with Crippen LogP contribution in [-0.2, 0) is 10.8 Å². The van der Waals surface area contributed by atoms with Gasteiger partial charge in [0.25, 0.3) is 0 Å². The number of nitro benzene ring substituents is 1. The number of nitro groups is 1. The van der Waals surface area contributed by atoms with E-state index in [9.17, 15) is 15.2 Å². The van der Waals surface area contributed by atoms with E-state index in [2.05, 4.69) is 0 Å². The molecule has 18 heavy (non-hydrogen) atoms. The predicted molar refractivity (Wildman–Crippen MR) is 72.2 cm³/mol. The normalized spacial score (nSPS) is 12.6. The standard InChI is InChI=1S/C14H21NO3/c1-13(2,3)9-7-10(14(4,5)6)12(16)11(8-9)15(17)18/h7-8,16H,1-6H3. The number of benzene rings is 1. The molecule has 1 rings (SSSR count). The molecule has 1 aromatic carbocycles. The van der Waals surface area contributed by atoms with Gasteiger partial charge in [-0.25, -0.2) is 0 Å². The van der Waals surface area contributed by atoms with Gasteiger partial charge in [-0.05, 0) is 16.4 Å². The Morgan fingerprint density at radius 1 is 1.06 bits per heavy atom. The van der Waals surface area contributed by atoms with E-state index in [1.165, 1.54) is 6.07 Å². The van der Waals surface area contributed by atoms with Crippen LogP contribution in [0.15, 0.2) is 12.1 Å². The Morgan fingerprint density at radius 3 is 1.89 bits per heavy atom. The molecule has 4 heteroatoms. The molecule has 0 atom stereocenters. The van der Waals surface area contributed by atoms with E-state index in [0.29, 0.717) is 5.56 Å². The first-order chi connectivity index (χ1) is 7.94. The molecule has 0 heterocycles. The van der Waals surface area contributed by atoms with Crippen LogP contribution in [0.4, 0.5) is 5.69 Å². The fraction of sp³-hybridized carbons (Fsp3) is 0.571. The molecule has 0 amide bonds. The van der Waals surface area contributed by atoms with Gasteiger partial charge in [-0.15, -0.1) is 0 Å². The van der Waals surface area contributed by atoms with Crippen molar-refractivity contribution in [2.75, 3.05) is 0 Å². The Kier molecular flexibility index (Phi) is 3.43. The highest BCUT2D eigenvalue weighted by atomic mass is 16.6. The van der Waals surface area contributed by atoms with Gasteiger partial charge in [0.15, 0.2) is 5.75 Å². The molecule has 100 valence electrons. The summed E-state index contributed by atoms with van der Waals surface area (Å²) in [6, 6.07) is 3.33. The largest absolute Gasteiger partial charge is 0.502 e. The minimum atomic E-state index is -0.528. The van der Waals surface area contributed by atoms with Crippen LogP contribution < -0.4 is 0 Å². The van der Waals surface area contributed by atoms with E-state index in [-0.39, 0.29) is 22.3 Å². The van der Waals surface area contributed by atoms with Gasteiger partial charge in [0.1, 0.15) is 0 Å². The van der Waals surface area contributed by atoms with Crippen molar-refractivity contribution < 1.29 is 10.0 Å². The molecule has 0 saturated heterocycles. The molecule has 0 saturated carbocycles. The fourth-order valence-corrected chi connectivity index (χ4v) is 1.76. The maximum atomic E-state index is 11.0. The quantitative estimate of drug-likeness (QED) is 0.608. The van der Waals surface area contributed by atoms with Crippen LogP contribution in [-0.4, -0.2) is 10.0 Å². The van der Waals surface area contributed by atoms with Crippen molar-refractivity contribution in [3.63, 3.8) is 0 Å². The summed E-state index contributed by atoms with van der Waals surface area (Å²) in [5, 5.41) is 21.1. The summed E-state index contributed by atoms with van der Waals surface area (Å²) >= 11 is 0. The number of hydrogen-bond donors (Lipinski definition) is 1. The molecule has 0 aliphatic heterocycles. The zero-order valence-corrected chi connectivity index (χ0v) is 11.9. The van der Waals surface area contributed by atoms with E-state index >= 15 is 0 Å². The molecule has 0 bridgehead atoms. The Balaban J connectivity index is 3.63. The molecule has 1 aromatic rings. The lowest BCUT2D eigenvalue weighted by Gasteiger charge is -2.25. The number of aromatic hydroxyl groups is 1. The fourth-order valence-electron chi connectivity index (χ4n) is 1.76. The SMILES string of the molecule is CC(C)(C)c1cc([N+](=O)[O-])c(O)c(C(C)(C)C)c1. The molecule has 0 aliphatic carbocycles. The van der Waals surface area contributed by atoms with Gasteiger partial charge in [-0.1, -0.05) is 47.6 Å². The van der Waals surface area contributed by atoms with Gasteiger partial charge < -0.3 is 5.11 Å². The van der Waals surface area contributed by atoms with Crippen molar-refractivity contribution in [3.8, 4) is 5.75 Å². The van der Waals surface area contributed by atoms with Gasteiger partial charge in [-0.3, -0.25) is 10.1 Å². The van der Waals surface area contributed by atoms with Gasteiger partial charge >= 0.3 is 5.69 Å². The number of hydrogen-bond acceptors (Lipinski definition) is 3. The van der Waals surface area contributed by atoms with Crippen LogP contribution in [0.2, 0.25) is 0 Å². The Labute approximate surface area is 108 Å². The molecule has 0 spiro atoms. The maximum absolute atomic E-state index is 11.0. The molecule has 0 aliphatic rings. The van der Waals surface area contributed by atoms with E-state index in [4.69, 9.17) is 0 Å². The smallest absolute Gasteiger partial charge is 0.311 e. The summed E-state index contributed by atoms with van der Waals surface area (Å²) in [5.41, 5.74) is 0.722. The summed E-state index contributed by atoms with van der Waals surface area (Å²) in [7, 11) is 0. The summed E-state index contributed by atoms with van der Waals surface area (Å²) in [5.74, 6) is -0.222. The zero-order chi connectivity index (χ0) is 14.3. The highest BCUT2D eigenvalue weighted by Gasteiger charge is 2.29. The van der Waals surface area contributed by atoms with Crippen LogP contribution in [0.1, 0.15) is 52.7 Å². The minimum Gasteiger partial charge on any atom is -0.502 e. The average molecular weight is 251 g/mol. The van der Waals surface area contributed by atoms with Crippen molar-refractivity contribution in [2.45, 2.75) is 52.4 Å². The lowest BCUT2D eigenvalue weighted by molar-refractivity contribution is -0.386. The van der Waals surface area contributed by atoms with E-state index in [1.54, 1.807) is 0 Å². The molecule has 0 fully saturated rings. The number of rotatable bonds is 1. The summed E-state index contributed by atoms with van der Waals surface area (Å²) < 4.78 is 0. The third kappa shape index (κ3) is 2.81. The molecule has 0 radical (unpaired) electrons. The molecule has 4 nitrogen and oxygen atoms in total. The van der Waals surface area contributed by atoms with Crippen LogP contribution >= 0.6 is 0 Å². The topological polar surface area (TPSA) is 63.4 Å². The summed E-state index contributed by atoms with van der Waals surface area (Å²) in [4.78, 5) is 10.5. The van der Waals surface area contributed by atoms with Gasteiger partial charge in [0, 0.05) is 11.6 Å². The summed E-state index contributed by atoms with van der Waals surface area (Å²) in [6.45, 7) is 11.8. The second kappa shape index (κ2) is 4.26. The Bertz CT molecular complexity index is 479. The van der Waals surface area contributed by atoms with Crippen LogP contribution in [0, 0.1) is 10.1 Å². The molecule has 1 N–H and O–H groups in total. The first-order valence-corrected chi connectivity index (χ1v) is 5.97. The van der Waals surface area contributed by atoms with Crippen LogP contribution in [0.5, 0.6) is 5.75 Å². The third-order valence-corrected chi connectivity index (χ3v) is 2.96. The average Bonchev–Trinajstić information content (AvgIpc) is 2.13. The Morgan fingerprint density at radius 2 is 1.56 bits per heavy atom. The van der Waals surface area contributed by atoms with Crippen LogP contribution in [0.25, 0.3) is 0 Å². The summed E-state index contributed by atoms with van der Waals surface area (Å²) in [6.07, 6.45) is 0. The number of phenolic OH excluding ortho intramolecular Hbond substituents is 1. The maximum Gasteiger partial charge on any atom is 0.311 e. The predicted octanol–water partition coefficient (Wildman–Crippen LogP) is 3.90. The van der Waals surface area contributed by atoms with E-state index < -0.39 is 4.92 Å². The second-order valence-electron chi connectivity index (χ2n) is 6.65.